The monoisotopic (exact) mass is 380 g/mol. The molecule has 1 N–H and O–H groups in total. The highest BCUT2D eigenvalue weighted by Gasteiger charge is 2.17. The highest BCUT2D eigenvalue weighted by atomic mass is 16.5. The quantitative estimate of drug-likeness (QED) is 0.709. The van der Waals surface area contributed by atoms with E-state index in [2.05, 4.69) is 21.7 Å². The molecular weight excluding hydrogens is 356 g/mol. The second kappa shape index (κ2) is 8.12. The van der Waals surface area contributed by atoms with Crippen LogP contribution < -0.4 is 14.8 Å². The molecule has 3 aromatic rings. The minimum absolute atomic E-state index is 0.237. The number of nitrogens with one attached hydrogen (secondary N) is 1. The number of benzene rings is 2. The molecule has 0 saturated carbocycles. The standard InChI is InChI=1S/C21H24N4O3/c1-13-8-14(2)10-17(9-13)25-12-18(23-24-25)21(26)22-15(3)16-6-7-19(27-4)20(11-16)28-5/h6-12,15H,1-5H3,(H,22,26)/t15-/m1/s1. The van der Waals surface area contributed by atoms with Gasteiger partial charge in [-0.05, 0) is 61.7 Å². The molecule has 0 bridgehead atoms. The first-order valence-corrected chi connectivity index (χ1v) is 8.95. The summed E-state index contributed by atoms with van der Waals surface area (Å²) in [5.74, 6) is 0.959. The summed E-state index contributed by atoms with van der Waals surface area (Å²) in [6.45, 7) is 5.94. The van der Waals surface area contributed by atoms with Gasteiger partial charge in [-0.2, -0.15) is 0 Å². The van der Waals surface area contributed by atoms with E-state index in [0.29, 0.717) is 11.5 Å². The first-order chi connectivity index (χ1) is 13.4. The summed E-state index contributed by atoms with van der Waals surface area (Å²) >= 11 is 0. The lowest BCUT2D eigenvalue weighted by molar-refractivity contribution is 0.0934. The number of hydrogen-bond acceptors (Lipinski definition) is 5. The van der Waals surface area contributed by atoms with Crippen LogP contribution >= 0.6 is 0 Å². The molecule has 7 nitrogen and oxygen atoms in total. The van der Waals surface area contributed by atoms with Crippen molar-refractivity contribution < 1.29 is 14.3 Å². The summed E-state index contributed by atoms with van der Waals surface area (Å²) in [5.41, 5.74) is 4.27. The van der Waals surface area contributed by atoms with Gasteiger partial charge in [-0.1, -0.05) is 17.3 Å². The second-order valence-corrected chi connectivity index (χ2v) is 6.70. The summed E-state index contributed by atoms with van der Waals surface area (Å²) < 4.78 is 12.2. The van der Waals surface area contributed by atoms with Gasteiger partial charge in [0, 0.05) is 0 Å². The van der Waals surface area contributed by atoms with Crippen LogP contribution in [0.1, 0.15) is 40.1 Å². The van der Waals surface area contributed by atoms with E-state index in [1.165, 1.54) is 0 Å². The third kappa shape index (κ3) is 4.14. The van der Waals surface area contributed by atoms with Crippen LogP contribution in [0, 0.1) is 13.8 Å². The number of ether oxygens (including phenoxy) is 2. The van der Waals surface area contributed by atoms with E-state index in [0.717, 1.165) is 22.4 Å². The van der Waals surface area contributed by atoms with Gasteiger partial charge in [0.1, 0.15) is 0 Å². The van der Waals surface area contributed by atoms with Crippen molar-refractivity contribution in [2.24, 2.45) is 0 Å². The van der Waals surface area contributed by atoms with Gasteiger partial charge >= 0.3 is 0 Å². The van der Waals surface area contributed by atoms with Gasteiger partial charge < -0.3 is 14.8 Å². The lowest BCUT2D eigenvalue weighted by Gasteiger charge is -2.15. The maximum atomic E-state index is 12.6. The fourth-order valence-electron chi connectivity index (χ4n) is 3.05. The largest absolute Gasteiger partial charge is 0.493 e. The van der Waals surface area contributed by atoms with E-state index in [-0.39, 0.29) is 17.6 Å². The van der Waals surface area contributed by atoms with Gasteiger partial charge in [-0.15, -0.1) is 5.10 Å². The molecule has 1 heterocycles. The predicted molar refractivity (Wildman–Crippen MR) is 106 cm³/mol. The molecule has 146 valence electrons. The molecule has 0 fully saturated rings. The Kier molecular flexibility index (Phi) is 5.63. The minimum Gasteiger partial charge on any atom is -0.493 e. The summed E-state index contributed by atoms with van der Waals surface area (Å²) in [5, 5.41) is 11.0. The highest BCUT2D eigenvalue weighted by molar-refractivity contribution is 5.92. The van der Waals surface area contributed by atoms with Crippen LogP contribution in [0.5, 0.6) is 11.5 Å². The van der Waals surface area contributed by atoms with E-state index < -0.39 is 0 Å². The Hall–Kier alpha value is -3.35. The third-order valence-corrected chi connectivity index (χ3v) is 4.45. The zero-order valence-electron chi connectivity index (χ0n) is 16.7. The van der Waals surface area contributed by atoms with Crippen LogP contribution in [0.25, 0.3) is 5.69 Å². The van der Waals surface area contributed by atoms with E-state index in [4.69, 9.17) is 9.47 Å². The Labute approximate surface area is 164 Å². The van der Waals surface area contributed by atoms with Crippen LogP contribution in [-0.4, -0.2) is 35.1 Å². The van der Waals surface area contributed by atoms with Crippen molar-refractivity contribution in [3.8, 4) is 17.2 Å². The normalized spacial score (nSPS) is 11.8. The lowest BCUT2D eigenvalue weighted by atomic mass is 10.1. The van der Waals surface area contributed by atoms with Crippen molar-refractivity contribution in [3.05, 3.63) is 65.0 Å². The van der Waals surface area contributed by atoms with Crippen LogP contribution in [0.3, 0.4) is 0 Å². The maximum Gasteiger partial charge on any atom is 0.273 e. The number of methoxy groups -OCH3 is 2. The number of nitrogens with zero attached hydrogens (tertiary/aromatic N) is 3. The van der Waals surface area contributed by atoms with Crippen molar-refractivity contribution in [2.45, 2.75) is 26.8 Å². The zero-order chi connectivity index (χ0) is 20.3. The molecule has 1 aromatic heterocycles. The van der Waals surface area contributed by atoms with Crippen molar-refractivity contribution >= 4 is 5.91 Å². The van der Waals surface area contributed by atoms with E-state index >= 15 is 0 Å². The SMILES string of the molecule is COc1ccc([C@@H](C)NC(=O)c2cn(-c3cc(C)cc(C)c3)nn2)cc1OC. The van der Waals surface area contributed by atoms with Gasteiger partial charge in [0.05, 0.1) is 32.1 Å². The molecule has 0 aliphatic carbocycles. The Morgan fingerprint density at radius 2 is 1.71 bits per heavy atom. The maximum absolute atomic E-state index is 12.6. The Balaban J connectivity index is 1.75. The van der Waals surface area contributed by atoms with Crippen molar-refractivity contribution in [1.29, 1.82) is 0 Å². The molecule has 1 atom stereocenters. The first-order valence-electron chi connectivity index (χ1n) is 8.95. The molecule has 0 aliphatic rings. The summed E-state index contributed by atoms with van der Waals surface area (Å²) in [6, 6.07) is 11.4. The number of carbonyl (C=O) groups excluding carboxylic acids is 1. The smallest absolute Gasteiger partial charge is 0.273 e. The van der Waals surface area contributed by atoms with Crippen molar-refractivity contribution in [3.63, 3.8) is 0 Å². The molecule has 1 amide bonds. The van der Waals surface area contributed by atoms with Gasteiger partial charge in [-0.3, -0.25) is 4.79 Å². The predicted octanol–water partition coefficient (Wildman–Crippen LogP) is 3.39. The third-order valence-electron chi connectivity index (χ3n) is 4.45. The van der Waals surface area contributed by atoms with E-state index in [1.54, 1.807) is 25.1 Å². The number of aryl methyl sites for hydroxylation is 2. The number of carbonyl (C=O) groups is 1. The Morgan fingerprint density at radius 3 is 2.36 bits per heavy atom. The molecule has 3 rings (SSSR count). The molecular formula is C21H24N4O3. The van der Waals surface area contributed by atoms with Gasteiger partial charge in [0.15, 0.2) is 17.2 Å². The number of amides is 1. The summed E-state index contributed by atoms with van der Waals surface area (Å²) in [4.78, 5) is 12.6. The average Bonchev–Trinajstić information content (AvgIpc) is 3.17. The number of hydrogen-bond donors (Lipinski definition) is 1. The minimum atomic E-state index is -0.294. The molecule has 2 aromatic carbocycles. The summed E-state index contributed by atoms with van der Waals surface area (Å²) in [7, 11) is 3.16. The Morgan fingerprint density at radius 1 is 1.04 bits per heavy atom. The van der Waals surface area contributed by atoms with Crippen LogP contribution in [-0.2, 0) is 0 Å². The van der Waals surface area contributed by atoms with E-state index in [1.807, 2.05) is 51.1 Å². The van der Waals surface area contributed by atoms with E-state index in [9.17, 15) is 4.79 Å². The van der Waals surface area contributed by atoms with Gasteiger partial charge in [-0.25, -0.2) is 4.68 Å². The average molecular weight is 380 g/mol. The topological polar surface area (TPSA) is 78.3 Å². The molecule has 0 unspecified atom stereocenters. The highest BCUT2D eigenvalue weighted by Crippen LogP contribution is 2.29. The molecule has 0 aliphatic heterocycles. The van der Waals surface area contributed by atoms with Crippen LogP contribution in [0.4, 0.5) is 0 Å². The summed E-state index contributed by atoms with van der Waals surface area (Å²) in [6.07, 6.45) is 1.63. The second-order valence-electron chi connectivity index (χ2n) is 6.70. The molecule has 7 heteroatoms. The zero-order valence-corrected chi connectivity index (χ0v) is 16.7. The van der Waals surface area contributed by atoms with Gasteiger partial charge in [0.2, 0.25) is 0 Å². The van der Waals surface area contributed by atoms with Crippen LogP contribution in [0.15, 0.2) is 42.6 Å². The van der Waals surface area contributed by atoms with Crippen molar-refractivity contribution in [1.82, 2.24) is 20.3 Å². The fourth-order valence-corrected chi connectivity index (χ4v) is 3.05. The number of aromatic nitrogens is 3. The van der Waals surface area contributed by atoms with Crippen LogP contribution in [0.2, 0.25) is 0 Å². The Bertz CT molecular complexity index is 977. The van der Waals surface area contributed by atoms with Crippen molar-refractivity contribution in [2.75, 3.05) is 14.2 Å². The lowest BCUT2D eigenvalue weighted by Crippen LogP contribution is -2.27. The molecule has 0 spiro atoms. The number of rotatable bonds is 6. The first kappa shape index (κ1) is 19.4. The fraction of sp³-hybridized carbons (Fsp3) is 0.286. The molecule has 0 radical (unpaired) electrons. The van der Waals surface area contributed by atoms with Gasteiger partial charge in [0.25, 0.3) is 5.91 Å². The molecule has 28 heavy (non-hydrogen) atoms. The molecule has 0 saturated heterocycles.